The lowest BCUT2D eigenvalue weighted by Crippen LogP contribution is -1.99. The second-order valence-corrected chi connectivity index (χ2v) is 5.88. The summed E-state index contributed by atoms with van der Waals surface area (Å²) in [4.78, 5) is 13.2. The van der Waals surface area contributed by atoms with Crippen molar-refractivity contribution >= 4 is 34.5 Å². The van der Waals surface area contributed by atoms with Gasteiger partial charge in [0.25, 0.3) is 0 Å². The van der Waals surface area contributed by atoms with E-state index >= 15 is 0 Å². The molecule has 0 unspecified atom stereocenters. The minimum Gasteiger partial charge on any atom is -0.315 e. The fourth-order valence-corrected chi connectivity index (χ4v) is 2.80. The first kappa shape index (κ1) is 14.6. The van der Waals surface area contributed by atoms with E-state index in [9.17, 15) is 0 Å². The molecule has 0 amide bonds. The maximum atomic E-state index is 6.18. The molecule has 2 rings (SSSR count). The van der Waals surface area contributed by atoms with Crippen molar-refractivity contribution in [1.29, 1.82) is 0 Å². The number of hydrogen-bond donors (Lipinski definition) is 0. The van der Waals surface area contributed by atoms with E-state index in [0.29, 0.717) is 10.7 Å². The molecule has 0 bridgehead atoms. The Morgan fingerprint density at radius 2 is 2.05 bits per heavy atom. The molecule has 104 valence electrons. The van der Waals surface area contributed by atoms with E-state index in [1.54, 1.807) is 11.8 Å². The summed E-state index contributed by atoms with van der Waals surface area (Å²) in [7, 11) is 0. The lowest BCUT2D eigenvalue weighted by molar-refractivity contribution is 0.609. The maximum absolute atomic E-state index is 6.18. The van der Waals surface area contributed by atoms with Gasteiger partial charge in [-0.2, -0.15) is 0 Å². The Hall–Kier alpha value is -0.810. The molecule has 2 aromatic rings. The molecule has 0 spiro atoms. The topological polar surface area (TPSA) is 43.6 Å². The van der Waals surface area contributed by atoms with Gasteiger partial charge in [-0.05, 0) is 12.8 Å². The molecule has 0 atom stereocenters. The maximum Gasteiger partial charge on any atom is 0.191 e. The third-order valence-corrected chi connectivity index (χ3v) is 4.16. The molecule has 0 aliphatic heterocycles. The van der Waals surface area contributed by atoms with Gasteiger partial charge in [0.15, 0.2) is 16.0 Å². The number of aromatic nitrogens is 4. The Balaban J connectivity index is 2.25. The van der Waals surface area contributed by atoms with Gasteiger partial charge in [-0.25, -0.2) is 15.0 Å². The first-order valence-corrected chi connectivity index (χ1v) is 8.13. The third-order valence-electron chi connectivity index (χ3n) is 2.84. The van der Waals surface area contributed by atoms with Crippen LogP contribution in [0.1, 0.15) is 39.5 Å². The monoisotopic (exact) mass is 298 g/mol. The molecule has 4 nitrogen and oxygen atoms in total. The van der Waals surface area contributed by atoms with E-state index in [-0.39, 0.29) is 0 Å². The molecular formula is C13H19ClN4S. The number of nitrogens with zero attached hydrogens (tertiary/aromatic N) is 4. The van der Waals surface area contributed by atoms with Crippen LogP contribution in [0.15, 0.2) is 11.5 Å². The lowest BCUT2D eigenvalue weighted by atomic mass is 10.2. The van der Waals surface area contributed by atoms with Crippen LogP contribution >= 0.6 is 23.4 Å². The summed E-state index contributed by atoms with van der Waals surface area (Å²) in [5, 5.41) is 1.20. The zero-order valence-electron chi connectivity index (χ0n) is 11.4. The molecular weight excluding hydrogens is 280 g/mol. The highest BCUT2D eigenvalue weighted by Gasteiger charge is 2.11. The number of halogens is 1. The molecule has 19 heavy (non-hydrogen) atoms. The van der Waals surface area contributed by atoms with Crippen LogP contribution in [0.2, 0.25) is 5.15 Å². The van der Waals surface area contributed by atoms with E-state index in [1.807, 2.05) is 6.33 Å². The first-order chi connectivity index (χ1) is 9.26. The van der Waals surface area contributed by atoms with Crippen LogP contribution in [0, 0.1) is 0 Å². The summed E-state index contributed by atoms with van der Waals surface area (Å²) < 4.78 is 2.08. The molecule has 0 aliphatic rings. The molecule has 0 saturated heterocycles. The predicted octanol–water partition coefficient (Wildman–Crippen LogP) is 4.17. The second kappa shape index (κ2) is 7.10. The van der Waals surface area contributed by atoms with Crippen molar-refractivity contribution in [3.05, 3.63) is 11.5 Å². The van der Waals surface area contributed by atoms with Gasteiger partial charge in [0, 0.05) is 12.3 Å². The molecule has 2 heterocycles. The van der Waals surface area contributed by atoms with Gasteiger partial charge < -0.3 is 4.57 Å². The van der Waals surface area contributed by atoms with Crippen molar-refractivity contribution in [2.24, 2.45) is 0 Å². The summed E-state index contributed by atoms with van der Waals surface area (Å²) in [5.41, 5.74) is 1.56. The molecule has 0 aromatic carbocycles. The zero-order valence-corrected chi connectivity index (χ0v) is 13.0. The van der Waals surface area contributed by atoms with Gasteiger partial charge in [0.05, 0.1) is 6.33 Å². The molecule has 0 N–H and O–H groups in total. The quantitative estimate of drug-likeness (QED) is 0.333. The van der Waals surface area contributed by atoms with Crippen molar-refractivity contribution in [3.63, 3.8) is 0 Å². The van der Waals surface area contributed by atoms with Gasteiger partial charge in [-0.1, -0.05) is 50.1 Å². The molecule has 0 saturated carbocycles. The Kier molecular flexibility index (Phi) is 5.45. The SMILES string of the molecule is CCCCCn1cnc2c(Cl)nc(SCCC)nc21. The van der Waals surface area contributed by atoms with Gasteiger partial charge in [0.2, 0.25) is 0 Å². The highest BCUT2D eigenvalue weighted by Crippen LogP contribution is 2.23. The van der Waals surface area contributed by atoms with E-state index in [0.717, 1.165) is 35.9 Å². The third kappa shape index (κ3) is 3.60. The number of hydrogen-bond acceptors (Lipinski definition) is 4. The van der Waals surface area contributed by atoms with Crippen LogP contribution < -0.4 is 0 Å². The molecule has 0 radical (unpaired) electrons. The second-order valence-electron chi connectivity index (χ2n) is 4.46. The highest BCUT2D eigenvalue weighted by molar-refractivity contribution is 7.99. The highest BCUT2D eigenvalue weighted by atomic mass is 35.5. The zero-order chi connectivity index (χ0) is 13.7. The molecule has 2 aromatic heterocycles. The average Bonchev–Trinajstić information content (AvgIpc) is 2.81. The lowest BCUT2D eigenvalue weighted by Gasteiger charge is -2.04. The fourth-order valence-electron chi connectivity index (χ4n) is 1.84. The summed E-state index contributed by atoms with van der Waals surface area (Å²) in [6, 6.07) is 0. The number of imidazole rings is 1. The number of aryl methyl sites for hydroxylation is 1. The fraction of sp³-hybridized carbons (Fsp3) is 0.615. The van der Waals surface area contributed by atoms with Crippen molar-refractivity contribution in [2.75, 3.05) is 5.75 Å². The van der Waals surface area contributed by atoms with Crippen molar-refractivity contribution in [2.45, 2.75) is 51.2 Å². The summed E-state index contributed by atoms with van der Waals surface area (Å²) in [6.07, 6.45) is 6.48. The van der Waals surface area contributed by atoms with E-state index in [4.69, 9.17) is 11.6 Å². The van der Waals surface area contributed by atoms with E-state index in [1.165, 1.54) is 12.8 Å². The largest absolute Gasteiger partial charge is 0.315 e. The van der Waals surface area contributed by atoms with Crippen LogP contribution in [-0.4, -0.2) is 25.3 Å². The van der Waals surface area contributed by atoms with E-state index < -0.39 is 0 Å². The van der Waals surface area contributed by atoms with Gasteiger partial charge in [-0.3, -0.25) is 0 Å². The van der Waals surface area contributed by atoms with Crippen molar-refractivity contribution < 1.29 is 0 Å². The van der Waals surface area contributed by atoms with E-state index in [2.05, 4.69) is 33.4 Å². The van der Waals surface area contributed by atoms with Gasteiger partial charge >= 0.3 is 0 Å². The van der Waals surface area contributed by atoms with Gasteiger partial charge in [-0.15, -0.1) is 0 Å². The van der Waals surface area contributed by atoms with Crippen LogP contribution in [0.3, 0.4) is 0 Å². The Labute approximate surface area is 123 Å². The Morgan fingerprint density at radius 3 is 2.79 bits per heavy atom. The minimum absolute atomic E-state index is 0.456. The first-order valence-electron chi connectivity index (χ1n) is 6.77. The smallest absolute Gasteiger partial charge is 0.191 e. The summed E-state index contributed by atoms with van der Waals surface area (Å²) in [6.45, 7) is 5.28. The molecule has 0 fully saturated rings. The van der Waals surface area contributed by atoms with Crippen molar-refractivity contribution in [3.8, 4) is 0 Å². The Morgan fingerprint density at radius 1 is 1.21 bits per heavy atom. The van der Waals surface area contributed by atoms with Crippen LogP contribution in [0.4, 0.5) is 0 Å². The summed E-state index contributed by atoms with van der Waals surface area (Å²) >= 11 is 7.82. The van der Waals surface area contributed by atoms with Crippen LogP contribution in [-0.2, 0) is 6.54 Å². The normalized spacial score (nSPS) is 11.3. The predicted molar refractivity (Wildman–Crippen MR) is 80.9 cm³/mol. The van der Waals surface area contributed by atoms with Gasteiger partial charge in [0.1, 0.15) is 5.52 Å². The number of rotatable bonds is 7. The summed E-state index contributed by atoms with van der Waals surface area (Å²) in [5.74, 6) is 1.01. The Bertz CT molecular complexity index is 541. The number of thioether (sulfide) groups is 1. The van der Waals surface area contributed by atoms with Crippen molar-refractivity contribution in [1.82, 2.24) is 19.5 Å². The van der Waals surface area contributed by atoms with Crippen LogP contribution in [0.25, 0.3) is 11.2 Å². The number of fused-ring (bicyclic) bond motifs is 1. The molecule has 6 heteroatoms. The molecule has 0 aliphatic carbocycles. The number of unbranched alkanes of at least 4 members (excludes halogenated alkanes) is 2. The minimum atomic E-state index is 0.456. The van der Waals surface area contributed by atoms with Crippen LogP contribution in [0.5, 0.6) is 0 Å². The average molecular weight is 299 g/mol. The standard InChI is InChI=1S/C13H19ClN4S/c1-3-5-6-7-18-9-15-10-11(14)16-13(17-12(10)18)19-8-4-2/h9H,3-8H2,1-2H3.